The van der Waals surface area contributed by atoms with Crippen LogP contribution < -0.4 is 10.6 Å². The van der Waals surface area contributed by atoms with Crippen molar-refractivity contribution in [3.63, 3.8) is 0 Å². The molecule has 0 saturated heterocycles. The average Bonchev–Trinajstić information content (AvgIpc) is 2.72. The number of nitrogens with one attached hydrogen (secondary N) is 2. The molecule has 1 rings (SSSR count). The zero-order chi connectivity index (χ0) is 12.5. The van der Waals surface area contributed by atoms with Crippen molar-refractivity contribution in [1.29, 1.82) is 0 Å². The number of aryl methyl sites for hydroxylation is 1. The first kappa shape index (κ1) is 16.8. The van der Waals surface area contributed by atoms with E-state index >= 15 is 0 Å². The van der Waals surface area contributed by atoms with Crippen LogP contribution in [-0.4, -0.2) is 35.1 Å². The molecule has 0 fully saturated rings. The summed E-state index contributed by atoms with van der Waals surface area (Å²) < 4.78 is 2.06. The van der Waals surface area contributed by atoms with Crippen molar-refractivity contribution in [2.24, 2.45) is 4.99 Å². The van der Waals surface area contributed by atoms with Gasteiger partial charge in [0.1, 0.15) is 5.82 Å². The maximum Gasteiger partial charge on any atom is 0.192 e. The van der Waals surface area contributed by atoms with E-state index in [2.05, 4.69) is 31.1 Å². The molecule has 0 radical (unpaired) electrons. The summed E-state index contributed by atoms with van der Waals surface area (Å²) in [6.45, 7) is 6.81. The predicted molar refractivity (Wildman–Crippen MR) is 85.2 cm³/mol. The summed E-state index contributed by atoms with van der Waals surface area (Å²) in [5.41, 5.74) is 0. The Bertz CT molecular complexity index is 405. The number of rotatable bonds is 5. The van der Waals surface area contributed by atoms with Gasteiger partial charge in [-0.1, -0.05) is 5.92 Å². The highest BCUT2D eigenvalue weighted by atomic mass is 127. The van der Waals surface area contributed by atoms with Crippen molar-refractivity contribution in [2.75, 3.05) is 19.6 Å². The summed E-state index contributed by atoms with van der Waals surface area (Å²) in [7, 11) is 0. The topological polar surface area (TPSA) is 54.2 Å². The van der Waals surface area contributed by atoms with Crippen LogP contribution in [0.1, 0.15) is 12.7 Å². The molecule has 0 saturated carbocycles. The van der Waals surface area contributed by atoms with Gasteiger partial charge in [-0.25, -0.2) is 4.98 Å². The Morgan fingerprint density at radius 1 is 1.56 bits per heavy atom. The molecule has 1 aromatic rings. The van der Waals surface area contributed by atoms with Crippen LogP contribution in [-0.2, 0) is 6.54 Å². The third-order valence-corrected chi connectivity index (χ3v) is 2.24. The number of aliphatic imine (C=N–C) groups is 1. The lowest BCUT2D eigenvalue weighted by molar-refractivity contribution is 0.679. The summed E-state index contributed by atoms with van der Waals surface area (Å²) in [6.07, 6.45) is 8.93. The second-order valence-corrected chi connectivity index (χ2v) is 3.49. The molecular formula is C12H20IN5. The summed E-state index contributed by atoms with van der Waals surface area (Å²) in [6, 6.07) is 0. The van der Waals surface area contributed by atoms with E-state index < -0.39 is 0 Å². The Balaban J connectivity index is 0.00000289. The van der Waals surface area contributed by atoms with Gasteiger partial charge in [0.25, 0.3) is 0 Å². The smallest absolute Gasteiger partial charge is 0.192 e. The van der Waals surface area contributed by atoms with Gasteiger partial charge in [-0.3, -0.25) is 4.99 Å². The second-order valence-electron chi connectivity index (χ2n) is 3.49. The lowest BCUT2D eigenvalue weighted by atomic mass is 10.5. The minimum atomic E-state index is 0. The van der Waals surface area contributed by atoms with E-state index in [1.54, 1.807) is 6.20 Å². The first-order chi connectivity index (χ1) is 8.27. The summed E-state index contributed by atoms with van der Waals surface area (Å²) in [5.74, 6) is 4.28. The van der Waals surface area contributed by atoms with E-state index in [9.17, 15) is 0 Å². The highest BCUT2D eigenvalue weighted by Gasteiger charge is 1.97. The monoisotopic (exact) mass is 361 g/mol. The average molecular weight is 361 g/mol. The Morgan fingerprint density at radius 3 is 2.89 bits per heavy atom. The molecule has 0 bridgehead atoms. The number of halogens is 1. The van der Waals surface area contributed by atoms with Gasteiger partial charge in [0, 0.05) is 25.5 Å². The van der Waals surface area contributed by atoms with Crippen LogP contribution in [0.25, 0.3) is 0 Å². The summed E-state index contributed by atoms with van der Waals surface area (Å²) in [5, 5.41) is 6.17. The molecule has 2 N–H and O–H groups in total. The molecule has 0 atom stereocenters. The van der Waals surface area contributed by atoms with Gasteiger partial charge in [0.15, 0.2) is 5.96 Å². The fraction of sp³-hybridized carbons (Fsp3) is 0.500. The van der Waals surface area contributed by atoms with Gasteiger partial charge >= 0.3 is 0 Å². The van der Waals surface area contributed by atoms with E-state index in [1.165, 1.54) is 0 Å². The number of guanidine groups is 1. The SMILES string of the molecule is C#CCNC(=NCCn1ccnc1C)NCC.I. The van der Waals surface area contributed by atoms with Gasteiger partial charge in [-0.2, -0.15) is 0 Å². The number of terminal acetylenes is 1. The number of hydrogen-bond acceptors (Lipinski definition) is 2. The van der Waals surface area contributed by atoms with E-state index in [1.807, 2.05) is 20.0 Å². The third-order valence-electron chi connectivity index (χ3n) is 2.24. The van der Waals surface area contributed by atoms with Crippen LogP contribution in [0.5, 0.6) is 0 Å². The first-order valence-corrected chi connectivity index (χ1v) is 5.71. The Labute approximate surface area is 125 Å². The lowest BCUT2D eigenvalue weighted by Crippen LogP contribution is -2.37. The number of imidazole rings is 1. The summed E-state index contributed by atoms with van der Waals surface area (Å²) in [4.78, 5) is 8.57. The number of aromatic nitrogens is 2. The molecule has 0 aromatic carbocycles. The van der Waals surface area contributed by atoms with Crippen LogP contribution in [0.3, 0.4) is 0 Å². The molecule has 5 nitrogen and oxygen atoms in total. The van der Waals surface area contributed by atoms with Gasteiger partial charge in [0.2, 0.25) is 0 Å². The largest absolute Gasteiger partial charge is 0.357 e. The van der Waals surface area contributed by atoms with E-state index in [0.29, 0.717) is 13.1 Å². The highest BCUT2D eigenvalue weighted by molar-refractivity contribution is 14.0. The fourth-order valence-corrected chi connectivity index (χ4v) is 1.39. The normalized spacial score (nSPS) is 10.4. The van der Waals surface area contributed by atoms with Crippen LogP contribution in [0.15, 0.2) is 17.4 Å². The molecule has 0 aliphatic heterocycles. The minimum absolute atomic E-state index is 0. The summed E-state index contributed by atoms with van der Waals surface area (Å²) >= 11 is 0. The zero-order valence-corrected chi connectivity index (χ0v) is 13.1. The van der Waals surface area contributed by atoms with Gasteiger partial charge < -0.3 is 15.2 Å². The van der Waals surface area contributed by atoms with Crippen LogP contribution in [0, 0.1) is 19.3 Å². The Kier molecular flexibility index (Phi) is 9.10. The molecule has 0 spiro atoms. The standard InChI is InChI=1S/C12H19N5.HI/c1-4-6-15-12(13-5-2)16-8-10-17-9-7-14-11(17)3;/h1,7,9H,5-6,8,10H2,2-3H3,(H2,13,15,16);1H. The molecular weight excluding hydrogens is 341 g/mol. The van der Waals surface area contributed by atoms with Crippen molar-refractivity contribution < 1.29 is 0 Å². The van der Waals surface area contributed by atoms with Gasteiger partial charge in [-0.15, -0.1) is 30.4 Å². The Morgan fingerprint density at radius 2 is 2.33 bits per heavy atom. The maximum atomic E-state index is 5.19. The van der Waals surface area contributed by atoms with Crippen molar-refractivity contribution in [3.8, 4) is 12.3 Å². The molecule has 6 heteroatoms. The molecule has 0 unspecified atom stereocenters. The quantitative estimate of drug-likeness (QED) is 0.356. The molecule has 18 heavy (non-hydrogen) atoms. The van der Waals surface area contributed by atoms with E-state index in [4.69, 9.17) is 6.42 Å². The van der Waals surface area contributed by atoms with E-state index in [-0.39, 0.29) is 24.0 Å². The number of hydrogen-bond donors (Lipinski definition) is 2. The predicted octanol–water partition coefficient (Wildman–Crippen LogP) is 0.998. The third kappa shape index (κ3) is 5.91. The zero-order valence-electron chi connectivity index (χ0n) is 10.8. The van der Waals surface area contributed by atoms with Gasteiger partial charge in [-0.05, 0) is 13.8 Å². The maximum absolute atomic E-state index is 5.19. The first-order valence-electron chi connectivity index (χ1n) is 5.71. The molecule has 1 aromatic heterocycles. The van der Waals surface area contributed by atoms with E-state index in [0.717, 1.165) is 24.9 Å². The molecule has 0 amide bonds. The van der Waals surface area contributed by atoms with Gasteiger partial charge in [0.05, 0.1) is 13.1 Å². The minimum Gasteiger partial charge on any atom is -0.357 e. The van der Waals surface area contributed by atoms with Crippen LogP contribution >= 0.6 is 24.0 Å². The van der Waals surface area contributed by atoms with Crippen molar-refractivity contribution in [3.05, 3.63) is 18.2 Å². The molecule has 0 aliphatic carbocycles. The van der Waals surface area contributed by atoms with Crippen molar-refractivity contribution in [1.82, 2.24) is 20.2 Å². The van der Waals surface area contributed by atoms with Crippen molar-refractivity contribution in [2.45, 2.75) is 20.4 Å². The number of nitrogens with zero attached hydrogens (tertiary/aromatic N) is 3. The van der Waals surface area contributed by atoms with Crippen molar-refractivity contribution >= 4 is 29.9 Å². The molecule has 0 aliphatic rings. The molecule has 100 valence electrons. The lowest BCUT2D eigenvalue weighted by Gasteiger charge is -2.09. The van der Waals surface area contributed by atoms with Crippen LogP contribution in [0.4, 0.5) is 0 Å². The fourth-order valence-electron chi connectivity index (χ4n) is 1.39. The molecule has 1 heterocycles. The highest BCUT2D eigenvalue weighted by Crippen LogP contribution is 1.94. The Hall–Kier alpha value is -1.23. The second kappa shape index (κ2) is 9.76. The van der Waals surface area contributed by atoms with Crippen LogP contribution in [0.2, 0.25) is 0 Å².